The Bertz CT molecular complexity index is 710. The summed E-state index contributed by atoms with van der Waals surface area (Å²) in [5.41, 5.74) is 2.66. The Balaban J connectivity index is 3.31. The zero-order valence-electron chi connectivity index (χ0n) is 10.7. The molecular weight excluding hydrogens is 311 g/mol. The summed E-state index contributed by atoms with van der Waals surface area (Å²) in [4.78, 5) is 23.4. The molecular formula is C12H9ClF3N3O2. The fourth-order valence-corrected chi connectivity index (χ4v) is 1.70. The van der Waals surface area contributed by atoms with E-state index in [4.69, 9.17) is 22.6 Å². The number of pyridine rings is 1. The smallest absolute Gasteiger partial charge is 0.401 e. The number of alkyl halides is 3. The Morgan fingerprint density at radius 3 is 2.52 bits per heavy atom. The van der Waals surface area contributed by atoms with Gasteiger partial charge in [0.15, 0.2) is 5.78 Å². The van der Waals surface area contributed by atoms with Gasteiger partial charge in [-0.05, 0) is 13.0 Å². The first-order valence-electron chi connectivity index (χ1n) is 5.44. The quantitative estimate of drug-likeness (QED) is 0.680. The van der Waals surface area contributed by atoms with Gasteiger partial charge in [0.2, 0.25) is 0 Å². The van der Waals surface area contributed by atoms with Crippen LogP contribution in [0.5, 0.6) is 0 Å². The number of carbonyl (C=O) groups is 1. The lowest BCUT2D eigenvalue weighted by Crippen LogP contribution is -2.27. The molecule has 0 amide bonds. The van der Waals surface area contributed by atoms with Gasteiger partial charge < -0.3 is 10.3 Å². The van der Waals surface area contributed by atoms with E-state index in [1.807, 2.05) is 0 Å². The molecule has 5 nitrogen and oxygen atoms in total. The summed E-state index contributed by atoms with van der Waals surface area (Å²) in [6, 6.07) is 2.01. The molecule has 0 atom stereocenters. The second-order valence-electron chi connectivity index (χ2n) is 4.10. The van der Waals surface area contributed by atoms with Crippen molar-refractivity contribution in [2.45, 2.75) is 19.6 Å². The van der Waals surface area contributed by atoms with Gasteiger partial charge in [-0.15, -0.1) is 0 Å². The van der Waals surface area contributed by atoms with Gasteiger partial charge in [0.1, 0.15) is 16.7 Å². The van der Waals surface area contributed by atoms with Gasteiger partial charge in [0, 0.05) is 11.9 Å². The summed E-state index contributed by atoms with van der Waals surface area (Å²) in [6.07, 6.45) is -4.26. The standard InChI is InChI=1S/C12H9ClF3N3O2/c1-6(18)8(3-17)10(20)5-19-4-7(12(14,15)16)2-9(13)11(19)21/h2,4H,5,18H2,1H3/b8-6-. The number of nitriles is 1. The monoisotopic (exact) mass is 319 g/mol. The lowest BCUT2D eigenvalue weighted by Gasteiger charge is -2.11. The van der Waals surface area contributed by atoms with Crippen LogP contribution in [0.3, 0.4) is 0 Å². The van der Waals surface area contributed by atoms with Crippen molar-refractivity contribution in [1.82, 2.24) is 4.57 Å². The molecule has 0 aliphatic rings. The first-order valence-corrected chi connectivity index (χ1v) is 5.82. The highest BCUT2D eigenvalue weighted by molar-refractivity contribution is 6.30. The minimum Gasteiger partial charge on any atom is -0.401 e. The molecule has 9 heteroatoms. The van der Waals surface area contributed by atoms with E-state index in [9.17, 15) is 22.8 Å². The summed E-state index contributed by atoms with van der Waals surface area (Å²) in [5.74, 6) is -0.880. The van der Waals surface area contributed by atoms with Crippen LogP contribution in [-0.4, -0.2) is 10.4 Å². The highest BCUT2D eigenvalue weighted by atomic mass is 35.5. The number of hydrogen-bond donors (Lipinski definition) is 1. The van der Waals surface area contributed by atoms with Crippen LogP contribution in [0, 0.1) is 11.3 Å². The number of nitrogens with two attached hydrogens (primary N) is 1. The average molecular weight is 320 g/mol. The summed E-state index contributed by atoms with van der Waals surface area (Å²) in [7, 11) is 0. The number of aromatic nitrogens is 1. The first-order chi connectivity index (χ1) is 9.57. The molecule has 0 aliphatic heterocycles. The van der Waals surface area contributed by atoms with Crippen molar-refractivity contribution in [2.75, 3.05) is 0 Å². The van der Waals surface area contributed by atoms with Crippen LogP contribution in [0.25, 0.3) is 0 Å². The van der Waals surface area contributed by atoms with Crippen molar-refractivity contribution < 1.29 is 18.0 Å². The van der Waals surface area contributed by atoms with E-state index in [0.29, 0.717) is 16.8 Å². The molecule has 21 heavy (non-hydrogen) atoms. The van der Waals surface area contributed by atoms with Crippen LogP contribution < -0.4 is 11.3 Å². The number of halogens is 4. The second-order valence-corrected chi connectivity index (χ2v) is 4.51. The Morgan fingerprint density at radius 1 is 1.52 bits per heavy atom. The van der Waals surface area contributed by atoms with Gasteiger partial charge in [-0.1, -0.05) is 11.6 Å². The van der Waals surface area contributed by atoms with Crippen LogP contribution in [0.1, 0.15) is 12.5 Å². The molecule has 1 aromatic heterocycles. The number of Topliss-reactive ketones (excluding diaryl/α,β-unsaturated/α-hetero) is 1. The lowest BCUT2D eigenvalue weighted by atomic mass is 10.1. The molecule has 1 heterocycles. The minimum atomic E-state index is -4.72. The maximum Gasteiger partial charge on any atom is 0.417 e. The normalized spacial score (nSPS) is 12.6. The number of nitrogens with zero attached hydrogens (tertiary/aromatic N) is 2. The summed E-state index contributed by atoms with van der Waals surface area (Å²) in [5, 5.41) is 8.07. The number of allylic oxidation sites excluding steroid dienone is 2. The van der Waals surface area contributed by atoms with Gasteiger partial charge in [0.05, 0.1) is 12.1 Å². The number of rotatable bonds is 3. The average Bonchev–Trinajstić information content (AvgIpc) is 2.33. The largest absolute Gasteiger partial charge is 0.417 e. The van der Waals surface area contributed by atoms with Gasteiger partial charge in [0.25, 0.3) is 5.56 Å². The van der Waals surface area contributed by atoms with E-state index in [2.05, 4.69) is 0 Å². The maximum atomic E-state index is 12.6. The molecule has 0 aliphatic carbocycles. The molecule has 2 N–H and O–H groups in total. The van der Waals surface area contributed by atoms with Gasteiger partial charge in [-0.25, -0.2) is 0 Å². The Morgan fingerprint density at radius 2 is 2.10 bits per heavy atom. The fourth-order valence-electron chi connectivity index (χ4n) is 1.48. The third-order valence-electron chi connectivity index (χ3n) is 2.47. The predicted molar refractivity (Wildman–Crippen MR) is 68.2 cm³/mol. The molecule has 0 bridgehead atoms. The van der Waals surface area contributed by atoms with Crippen LogP contribution in [0.2, 0.25) is 5.02 Å². The molecule has 112 valence electrons. The Kier molecular flexibility index (Phi) is 4.80. The van der Waals surface area contributed by atoms with Crippen LogP contribution in [-0.2, 0) is 17.5 Å². The third kappa shape index (κ3) is 3.86. The summed E-state index contributed by atoms with van der Waals surface area (Å²) in [6.45, 7) is 0.526. The fraction of sp³-hybridized carbons (Fsp3) is 0.250. The zero-order valence-corrected chi connectivity index (χ0v) is 11.4. The van der Waals surface area contributed by atoms with Crippen LogP contribution in [0.15, 0.2) is 28.3 Å². The zero-order chi connectivity index (χ0) is 16.4. The van der Waals surface area contributed by atoms with Crippen molar-refractivity contribution >= 4 is 17.4 Å². The van der Waals surface area contributed by atoms with E-state index < -0.39 is 40.2 Å². The molecule has 0 unspecified atom stereocenters. The van der Waals surface area contributed by atoms with Crippen molar-refractivity contribution in [2.24, 2.45) is 5.73 Å². The molecule has 0 spiro atoms. The molecule has 0 aromatic carbocycles. The van der Waals surface area contributed by atoms with Crippen molar-refractivity contribution in [1.29, 1.82) is 5.26 Å². The predicted octanol–water partition coefficient (Wildman–Crippen LogP) is 1.85. The topological polar surface area (TPSA) is 88.9 Å². The number of carbonyl (C=O) groups excluding carboxylic acids is 1. The number of hydrogen-bond acceptors (Lipinski definition) is 4. The maximum absolute atomic E-state index is 12.6. The molecule has 0 saturated heterocycles. The highest BCUT2D eigenvalue weighted by Gasteiger charge is 2.32. The molecule has 0 radical (unpaired) electrons. The molecule has 1 rings (SSSR count). The first kappa shape index (κ1) is 16.8. The van der Waals surface area contributed by atoms with E-state index >= 15 is 0 Å². The van der Waals surface area contributed by atoms with Crippen molar-refractivity contribution in [3.8, 4) is 6.07 Å². The minimum absolute atomic E-state index is 0.0892. The Labute approximate surface area is 122 Å². The number of ketones is 1. The second kappa shape index (κ2) is 6.01. The van der Waals surface area contributed by atoms with E-state index in [1.54, 1.807) is 0 Å². The van der Waals surface area contributed by atoms with E-state index in [-0.39, 0.29) is 5.70 Å². The lowest BCUT2D eigenvalue weighted by molar-refractivity contribution is -0.138. The summed E-state index contributed by atoms with van der Waals surface area (Å²) >= 11 is 5.44. The van der Waals surface area contributed by atoms with E-state index in [1.165, 1.54) is 13.0 Å². The molecule has 0 fully saturated rings. The highest BCUT2D eigenvalue weighted by Crippen LogP contribution is 2.29. The SMILES string of the molecule is C/C(N)=C(\C#N)C(=O)Cn1cc(C(F)(F)F)cc(Cl)c1=O. The van der Waals surface area contributed by atoms with Crippen LogP contribution in [0.4, 0.5) is 13.2 Å². The van der Waals surface area contributed by atoms with Crippen molar-refractivity contribution in [3.05, 3.63) is 44.5 Å². The van der Waals surface area contributed by atoms with E-state index in [0.717, 1.165) is 0 Å². The van der Waals surface area contributed by atoms with Crippen molar-refractivity contribution in [3.63, 3.8) is 0 Å². The van der Waals surface area contributed by atoms with Crippen LogP contribution >= 0.6 is 11.6 Å². The van der Waals surface area contributed by atoms with Gasteiger partial charge in [-0.2, -0.15) is 18.4 Å². The molecule has 1 aromatic rings. The summed E-state index contributed by atoms with van der Waals surface area (Å²) < 4.78 is 38.4. The third-order valence-corrected chi connectivity index (χ3v) is 2.74. The Hall–Kier alpha value is -2.27. The van der Waals surface area contributed by atoms with Gasteiger partial charge >= 0.3 is 6.18 Å². The molecule has 0 saturated carbocycles. The van der Waals surface area contributed by atoms with Gasteiger partial charge in [-0.3, -0.25) is 9.59 Å².